The molecule has 222 valence electrons. The van der Waals surface area contributed by atoms with Gasteiger partial charge in [0.1, 0.15) is 0 Å². The molecule has 6 unspecified atom stereocenters. The van der Waals surface area contributed by atoms with Crippen molar-refractivity contribution in [1.82, 2.24) is 0 Å². The molecule has 24 heteroatoms. The second-order valence-electron chi connectivity index (χ2n) is 4.70. The first-order chi connectivity index (χ1) is 13.4. The zero-order valence-electron chi connectivity index (χ0n) is 17.0. The van der Waals surface area contributed by atoms with Crippen LogP contribution in [0, 0.1) is 0 Å². The number of rotatable bonds is 9. The Morgan fingerprint density at radius 3 is 0.389 bits per heavy atom. The summed E-state index contributed by atoms with van der Waals surface area (Å²) < 4.78 is 0. The van der Waals surface area contributed by atoms with Gasteiger partial charge in [-0.05, 0) is 0 Å². The summed E-state index contributed by atoms with van der Waals surface area (Å²) in [5, 5.41) is 97.6. The number of aliphatic hydroxyl groups excluding tert-OH is 6. The van der Waals surface area contributed by atoms with Crippen molar-refractivity contribution < 1.29 is 151 Å². The molecule has 22 nitrogen and oxygen atoms in total. The van der Waals surface area contributed by atoms with Crippen molar-refractivity contribution in [1.29, 1.82) is 0 Å². The Morgan fingerprint density at radius 1 is 0.306 bits per heavy atom. The molecule has 0 fully saturated rings. The summed E-state index contributed by atoms with van der Waals surface area (Å²) in [4.78, 5) is 58.6. The van der Waals surface area contributed by atoms with Crippen LogP contribution in [0.1, 0.15) is 0 Å². The van der Waals surface area contributed by atoms with E-state index in [0.29, 0.717) is 0 Å². The quantitative estimate of drug-likeness (QED) is 0.0982. The van der Waals surface area contributed by atoms with Gasteiger partial charge >= 0.3 is 35.8 Å². The number of carbonyl (C=O) groups is 6. The van der Waals surface area contributed by atoms with Gasteiger partial charge in [-0.15, -0.1) is 0 Å². The maximum Gasteiger partial charge on any atom is 0.335 e. The fraction of sp³-hybridized carbons (Fsp3) is 0.500. The fourth-order valence-electron chi connectivity index (χ4n) is 0.810. The molecule has 0 aliphatic rings. The largest absolute Gasteiger partial charge is 0.479 e. The van der Waals surface area contributed by atoms with Crippen LogP contribution < -0.4 is 0 Å². The number of aliphatic hydroxyl groups is 6. The Labute approximate surface area is 223 Å². The van der Waals surface area contributed by atoms with E-state index >= 15 is 0 Å². The van der Waals surface area contributed by atoms with E-state index in [0.717, 1.165) is 0 Å². The SMILES string of the molecule is O.O.O.O.O=C(O)C(O)C(O)C(=O)O.O=C(O)C(O)C(O)C(=O)O.O=C(O)C(O)C(O)C(=O)O.[Ru].[Ru]. The van der Waals surface area contributed by atoms with E-state index < -0.39 is 72.4 Å². The smallest absolute Gasteiger partial charge is 0.335 e. The van der Waals surface area contributed by atoms with Crippen molar-refractivity contribution in [3.05, 3.63) is 0 Å². The number of carboxylic acid groups (broad SMARTS) is 6. The predicted octanol–water partition coefficient (Wildman–Crippen LogP) is -9.67. The Hall–Kier alpha value is -2.33. The fourth-order valence-corrected chi connectivity index (χ4v) is 0.810. The third kappa shape index (κ3) is 26.3. The van der Waals surface area contributed by atoms with E-state index in [1.807, 2.05) is 0 Å². The Kier molecular flexibility index (Phi) is 47.4. The molecule has 36 heavy (non-hydrogen) atoms. The zero-order chi connectivity index (χ0) is 24.9. The second-order valence-corrected chi connectivity index (χ2v) is 4.70. The van der Waals surface area contributed by atoms with Gasteiger partial charge in [-0.25, -0.2) is 28.8 Å². The predicted molar refractivity (Wildman–Crippen MR) is 96.3 cm³/mol. The minimum atomic E-state index is -2.27. The molecule has 0 saturated heterocycles. The summed E-state index contributed by atoms with van der Waals surface area (Å²) in [7, 11) is 0. The summed E-state index contributed by atoms with van der Waals surface area (Å²) in [5.74, 6) is -10.6. The number of hydrogen-bond donors (Lipinski definition) is 12. The molecule has 20 N–H and O–H groups in total. The summed E-state index contributed by atoms with van der Waals surface area (Å²) in [6, 6.07) is 0. The molecule has 0 aromatic rings. The van der Waals surface area contributed by atoms with Crippen molar-refractivity contribution >= 4 is 35.8 Å². The molecule has 0 aliphatic carbocycles. The van der Waals surface area contributed by atoms with Gasteiger partial charge in [0.2, 0.25) is 0 Å². The molecule has 0 radical (unpaired) electrons. The van der Waals surface area contributed by atoms with Crippen molar-refractivity contribution in [2.45, 2.75) is 36.6 Å². The monoisotopic (exact) mass is 726 g/mol. The normalized spacial score (nSPS) is 13.2. The van der Waals surface area contributed by atoms with E-state index in [-0.39, 0.29) is 60.9 Å². The third-order valence-electron chi connectivity index (χ3n) is 2.42. The maximum absolute atomic E-state index is 9.77. The van der Waals surface area contributed by atoms with Crippen molar-refractivity contribution in [2.24, 2.45) is 0 Å². The van der Waals surface area contributed by atoms with Gasteiger partial charge in [0.25, 0.3) is 0 Å². The van der Waals surface area contributed by atoms with Crippen LogP contribution in [0.15, 0.2) is 0 Å². The first-order valence-electron chi connectivity index (χ1n) is 6.85. The van der Waals surface area contributed by atoms with Crippen LogP contribution in [0.3, 0.4) is 0 Å². The first kappa shape index (κ1) is 59.0. The molecule has 0 spiro atoms. The standard InChI is InChI=1S/3C4H6O6.4H2O.2Ru/c3*5-1(3(7)8)2(6)4(9)10;;;;;;/h3*1-2,5-6H,(H,7,8)(H,9,10);4*1H2;;. The second kappa shape index (κ2) is 28.9. The van der Waals surface area contributed by atoms with Crippen LogP contribution in [0.25, 0.3) is 0 Å². The minimum absolute atomic E-state index is 0. The molecule has 0 aromatic heterocycles. The molecular weight excluding hydrogens is 698 g/mol. The van der Waals surface area contributed by atoms with Crippen LogP contribution in [0.5, 0.6) is 0 Å². The molecule has 6 atom stereocenters. The van der Waals surface area contributed by atoms with Crippen molar-refractivity contribution in [3.8, 4) is 0 Å². The minimum Gasteiger partial charge on any atom is -0.479 e. The van der Waals surface area contributed by atoms with Crippen LogP contribution in [-0.4, -0.2) is 156 Å². The average molecular weight is 724 g/mol. The van der Waals surface area contributed by atoms with Gasteiger partial charge in [-0.3, -0.25) is 0 Å². The molecule has 0 bridgehead atoms. The third-order valence-corrected chi connectivity index (χ3v) is 2.42. The summed E-state index contributed by atoms with van der Waals surface area (Å²) >= 11 is 0. The first-order valence-corrected chi connectivity index (χ1v) is 6.85. The molecule has 0 rings (SSSR count). The average Bonchev–Trinajstić information content (AvgIpc) is 2.64. The number of carboxylic acids is 6. The van der Waals surface area contributed by atoms with E-state index in [4.69, 9.17) is 61.3 Å². The van der Waals surface area contributed by atoms with E-state index in [9.17, 15) is 28.8 Å². The number of aliphatic carboxylic acids is 6. The summed E-state index contributed by atoms with van der Waals surface area (Å²) in [6.07, 6.45) is -13.6. The Balaban J connectivity index is -0.0000000401. The zero-order valence-corrected chi connectivity index (χ0v) is 20.5. The molecule has 0 amide bonds. The van der Waals surface area contributed by atoms with Crippen molar-refractivity contribution in [2.75, 3.05) is 0 Å². The van der Waals surface area contributed by atoms with Gasteiger partial charge < -0.3 is 83.2 Å². The Bertz CT molecular complexity index is 501. The molecular formula is C12H26O22Ru2. The number of hydrogen-bond acceptors (Lipinski definition) is 12. The van der Waals surface area contributed by atoms with Gasteiger partial charge in [-0.1, -0.05) is 0 Å². The van der Waals surface area contributed by atoms with Crippen molar-refractivity contribution in [3.63, 3.8) is 0 Å². The van der Waals surface area contributed by atoms with Gasteiger partial charge in [0, 0.05) is 39.0 Å². The topological polar surface area (TPSA) is 471 Å². The molecule has 0 aromatic carbocycles. The van der Waals surface area contributed by atoms with Gasteiger partial charge in [0.05, 0.1) is 0 Å². The molecule has 0 heterocycles. The summed E-state index contributed by atoms with van der Waals surface area (Å²) in [5.41, 5.74) is 0. The van der Waals surface area contributed by atoms with Crippen LogP contribution in [0.2, 0.25) is 0 Å². The Morgan fingerprint density at radius 2 is 0.361 bits per heavy atom. The summed E-state index contributed by atoms with van der Waals surface area (Å²) in [6.45, 7) is 0. The van der Waals surface area contributed by atoms with E-state index in [1.165, 1.54) is 0 Å². The molecule has 0 saturated carbocycles. The van der Waals surface area contributed by atoms with Gasteiger partial charge in [-0.2, -0.15) is 0 Å². The van der Waals surface area contributed by atoms with Crippen LogP contribution >= 0.6 is 0 Å². The van der Waals surface area contributed by atoms with Gasteiger partial charge in [0.15, 0.2) is 36.6 Å². The van der Waals surface area contributed by atoms with E-state index in [2.05, 4.69) is 0 Å². The van der Waals surface area contributed by atoms with Crippen LogP contribution in [0.4, 0.5) is 0 Å². The van der Waals surface area contributed by atoms with E-state index in [1.54, 1.807) is 0 Å². The van der Waals surface area contributed by atoms with Crippen LogP contribution in [-0.2, 0) is 67.7 Å². The molecule has 0 aliphatic heterocycles. The maximum atomic E-state index is 9.77.